The van der Waals surface area contributed by atoms with E-state index in [9.17, 15) is 4.79 Å². The zero-order valence-electron chi connectivity index (χ0n) is 13.8. The Hall–Kier alpha value is -1.75. The number of nitrogens with zero attached hydrogens (tertiary/aromatic N) is 1. The predicted molar refractivity (Wildman–Crippen MR) is 86.4 cm³/mol. The third kappa shape index (κ3) is 4.13. The summed E-state index contributed by atoms with van der Waals surface area (Å²) in [6.45, 7) is 5.45. The molecule has 0 saturated heterocycles. The lowest BCUT2D eigenvalue weighted by Crippen LogP contribution is -2.34. The maximum Gasteiger partial charge on any atom is 0.221 e. The summed E-state index contributed by atoms with van der Waals surface area (Å²) in [5.74, 6) is 1.69. The van der Waals surface area contributed by atoms with E-state index in [4.69, 9.17) is 9.47 Å². The molecule has 1 N–H and O–H groups in total. The fourth-order valence-corrected chi connectivity index (χ4v) is 2.74. The van der Waals surface area contributed by atoms with Gasteiger partial charge in [-0.05, 0) is 36.1 Å². The molecule has 0 saturated carbocycles. The Morgan fingerprint density at radius 3 is 2.55 bits per heavy atom. The highest BCUT2D eigenvalue weighted by Crippen LogP contribution is 2.33. The number of hydrogen-bond donors (Lipinski definition) is 1. The smallest absolute Gasteiger partial charge is 0.221 e. The number of fused-ring (bicyclic) bond motifs is 1. The molecule has 0 spiro atoms. The first-order chi connectivity index (χ1) is 10.7. The molecule has 122 valence electrons. The second-order valence-electron chi connectivity index (χ2n) is 5.60. The van der Waals surface area contributed by atoms with Crippen LogP contribution in [0.25, 0.3) is 0 Å². The molecule has 1 heterocycles. The monoisotopic (exact) mass is 306 g/mol. The summed E-state index contributed by atoms with van der Waals surface area (Å²) in [6, 6.07) is 4.12. The van der Waals surface area contributed by atoms with Gasteiger partial charge in [-0.1, -0.05) is 6.92 Å². The normalized spacial score (nSPS) is 14.3. The lowest BCUT2D eigenvalue weighted by Gasteiger charge is -2.29. The van der Waals surface area contributed by atoms with Gasteiger partial charge in [-0.15, -0.1) is 0 Å². The number of benzene rings is 1. The Balaban J connectivity index is 1.95. The van der Waals surface area contributed by atoms with Crippen LogP contribution in [0.2, 0.25) is 0 Å². The minimum atomic E-state index is 0.139. The molecule has 0 bridgehead atoms. The summed E-state index contributed by atoms with van der Waals surface area (Å²) >= 11 is 0. The Bertz CT molecular complexity index is 517. The number of ether oxygens (including phenoxy) is 2. The molecule has 5 heteroatoms. The molecule has 0 radical (unpaired) electrons. The highest BCUT2D eigenvalue weighted by molar-refractivity contribution is 5.76. The highest BCUT2D eigenvalue weighted by atomic mass is 16.5. The van der Waals surface area contributed by atoms with Crippen molar-refractivity contribution in [3.05, 3.63) is 23.3 Å². The number of rotatable bonds is 7. The fraction of sp³-hybridized carbons (Fsp3) is 0.588. The van der Waals surface area contributed by atoms with Gasteiger partial charge in [-0.3, -0.25) is 9.69 Å². The van der Waals surface area contributed by atoms with E-state index >= 15 is 0 Å². The predicted octanol–water partition coefficient (Wildman–Crippen LogP) is 1.98. The largest absolute Gasteiger partial charge is 0.493 e. The van der Waals surface area contributed by atoms with Gasteiger partial charge in [-0.2, -0.15) is 0 Å². The van der Waals surface area contributed by atoms with Gasteiger partial charge >= 0.3 is 0 Å². The van der Waals surface area contributed by atoms with Crippen LogP contribution in [0.1, 0.15) is 30.9 Å². The summed E-state index contributed by atoms with van der Waals surface area (Å²) in [6.07, 6.45) is 2.51. The van der Waals surface area contributed by atoms with Gasteiger partial charge in [0.1, 0.15) is 0 Å². The van der Waals surface area contributed by atoms with Crippen molar-refractivity contribution < 1.29 is 14.3 Å². The summed E-state index contributed by atoms with van der Waals surface area (Å²) in [4.78, 5) is 14.0. The molecular formula is C17H26N2O3. The van der Waals surface area contributed by atoms with Gasteiger partial charge in [0.2, 0.25) is 5.91 Å². The molecule has 0 unspecified atom stereocenters. The molecule has 1 aliphatic heterocycles. The van der Waals surface area contributed by atoms with Gasteiger partial charge in [0.15, 0.2) is 11.5 Å². The van der Waals surface area contributed by atoms with Crippen LogP contribution in [0.4, 0.5) is 0 Å². The van der Waals surface area contributed by atoms with Crippen LogP contribution in [0, 0.1) is 0 Å². The maximum atomic E-state index is 11.7. The SMILES string of the molecule is CCCNC(=O)CCN1CCc2cc(OC)c(OC)cc2C1. The van der Waals surface area contributed by atoms with Crippen molar-refractivity contribution in [1.82, 2.24) is 10.2 Å². The van der Waals surface area contributed by atoms with Crippen molar-refractivity contribution in [3.63, 3.8) is 0 Å². The number of carbonyl (C=O) groups excluding carboxylic acids is 1. The van der Waals surface area contributed by atoms with Gasteiger partial charge in [-0.25, -0.2) is 0 Å². The summed E-state index contributed by atoms with van der Waals surface area (Å²) in [5, 5.41) is 2.92. The first kappa shape index (κ1) is 16.6. The van der Waals surface area contributed by atoms with Crippen molar-refractivity contribution in [2.45, 2.75) is 32.7 Å². The molecule has 22 heavy (non-hydrogen) atoms. The number of nitrogens with one attached hydrogen (secondary N) is 1. The minimum absolute atomic E-state index is 0.139. The van der Waals surface area contributed by atoms with Crippen LogP contribution >= 0.6 is 0 Å². The molecule has 0 fully saturated rings. The number of amides is 1. The summed E-state index contributed by atoms with van der Waals surface area (Å²) < 4.78 is 10.7. The van der Waals surface area contributed by atoms with Crippen molar-refractivity contribution >= 4 is 5.91 Å². The maximum absolute atomic E-state index is 11.7. The van der Waals surface area contributed by atoms with Crippen molar-refractivity contribution in [2.75, 3.05) is 33.9 Å². The Labute approximate surface area is 132 Å². The average molecular weight is 306 g/mol. The van der Waals surface area contributed by atoms with E-state index in [0.717, 1.165) is 50.5 Å². The standard InChI is InChI=1S/C17H26N2O3/c1-4-7-18-17(20)6-9-19-8-5-13-10-15(21-2)16(22-3)11-14(13)12-19/h10-11H,4-9,12H2,1-3H3,(H,18,20). The van der Waals surface area contributed by atoms with Crippen LogP contribution in [0.3, 0.4) is 0 Å². The topological polar surface area (TPSA) is 50.8 Å². The number of hydrogen-bond acceptors (Lipinski definition) is 4. The van der Waals surface area contributed by atoms with Gasteiger partial charge in [0.25, 0.3) is 0 Å². The molecular weight excluding hydrogens is 280 g/mol. The van der Waals surface area contributed by atoms with Crippen molar-refractivity contribution in [3.8, 4) is 11.5 Å². The van der Waals surface area contributed by atoms with E-state index in [0.29, 0.717) is 6.42 Å². The first-order valence-electron chi connectivity index (χ1n) is 7.90. The lowest BCUT2D eigenvalue weighted by molar-refractivity contribution is -0.121. The van der Waals surface area contributed by atoms with E-state index in [-0.39, 0.29) is 5.91 Å². The third-order valence-corrected chi connectivity index (χ3v) is 4.02. The fourth-order valence-electron chi connectivity index (χ4n) is 2.74. The van der Waals surface area contributed by atoms with Crippen LogP contribution in [-0.2, 0) is 17.8 Å². The quantitative estimate of drug-likeness (QED) is 0.837. The lowest BCUT2D eigenvalue weighted by atomic mass is 9.98. The molecule has 1 aliphatic rings. The molecule has 1 aromatic rings. The minimum Gasteiger partial charge on any atom is -0.493 e. The molecule has 0 atom stereocenters. The first-order valence-corrected chi connectivity index (χ1v) is 7.90. The highest BCUT2D eigenvalue weighted by Gasteiger charge is 2.19. The van der Waals surface area contributed by atoms with E-state index in [1.54, 1.807) is 14.2 Å². The van der Waals surface area contributed by atoms with Crippen molar-refractivity contribution in [2.24, 2.45) is 0 Å². The van der Waals surface area contributed by atoms with Gasteiger partial charge in [0, 0.05) is 32.6 Å². The zero-order valence-corrected chi connectivity index (χ0v) is 13.8. The summed E-state index contributed by atoms with van der Waals surface area (Å²) in [7, 11) is 3.32. The van der Waals surface area contributed by atoms with E-state index in [2.05, 4.69) is 29.3 Å². The molecule has 1 amide bonds. The number of carbonyl (C=O) groups is 1. The van der Waals surface area contributed by atoms with E-state index < -0.39 is 0 Å². The van der Waals surface area contributed by atoms with E-state index in [1.807, 2.05) is 0 Å². The second kappa shape index (κ2) is 8.03. The van der Waals surface area contributed by atoms with Crippen LogP contribution < -0.4 is 14.8 Å². The third-order valence-electron chi connectivity index (χ3n) is 4.02. The van der Waals surface area contributed by atoms with Gasteiger partial charge in [0.05, 0.1) is 14.2 Å². The molecule has 2 rings (SSSR count). The average Bonchev–Trinajstić information content (AvgIpc) is 2.56. The number of methoxy groups -OCH3 is 2. The molecule has 5 nitrogen and oxygen atoms in total. The van der Waals surface area contributed by atoms with Crippen LogP contribution in [-0.4, -0.2) is 44.7 Å². The van der Waals surface area contributed by atoms with Gasteiger partial charge < -0.3 is 14.8 Å². The Kier molecular flexibility index (Phi) is 6.07. The van der Waals surface area contributed by atoms with Crippen LogP contribution in [0.15, 0.2) is 12.1 Å². The van der Waals surface area contributed by atoms with Crippen LogP contribution in [0.5, 0.6) is 11.5 Å². The molecule has 0 aliphatic carbocycles. The molecule has 0 aromatic heterocycles. The summed E-state index contributed by atoms with van der Waals surface area (Å²) in [5.41, 5.74) is 2.57. The molecule has 1 aromatic carbocycles. The Morgan fingerprint density at radius 1 is 1.23 bits per heavy atom. The zero-order chi connectivity index (χ0) is 15.9. The second-order valence-corrected chi connectivity index (χ2v) is 5.60. The Morgan fingerprint density at radius 2 is 1.91 bits per heavy atom. The van der Waals surface area contributed by atoms with Crippen molar-refractivity contribution in [1.29, 1.82) is 0 Å². The van der Waals surface area contributed by atoms with E-state index in [1.165, 1.54) is 11.1 Å².